The molecule has 110 valence electrons. The van der Waals surface area contributed by atoms with Crippen LogP contribution < -0.4 is 4.90 Å². The Balaban J connectivity index is 2.14. The van der Waals surface area contributed by atoms with E-state index in [1.807, 2.05) is 19.9 Å². The summed E-state index contributed by atoms with van der Waals surface area (Å²) >= 11 is 0. The lowest BCUT2D eigenvalue weighted by Gasteiger charge is -2.17. The first-order chi connectivity index (χ1) is 10.4. The maximum Gasteiger partial charge on any atom is 0.270 e. The van der Waals surface area contributed by atoms with Crippen LogP contribution in [0.1, 0.15) is 31.8 Å². The molecule has 0 saturated heterocycles. The average molecular weight is 296 g/mol. The average Bonchev–Trinajstić information content (AvgIpc) is 2.74. The van der Waals surface area contributed by atoms with E-state index in [0.717, 1.165) is 22.1 Å². The van der Waals surface area contributed by atoms with Gasteiger partial charge in [-0.3, -0.25) is 19.7 Å². The van der Waals surface area contributed by atoms with Gasteiger partial charge in [-0.1, -0.05) is 12.1 Å². The molecule has 0 saturated carbocycles. The minimum Gasteiger partial charge on any atom is -0.268 e. The molecule has 6 heteroatoms. The van der Waals surface area contributed by atoms with Crippen molar-refractivity contribution < 1.29 is 14.5 Å². The molecular weight excluding hydrogens is 284 g/mol. The predicted molar refractivity (Wildman–Crippen MR) is 80.2 cm³/mol. The van der Waals surface area contributed by atoms with Gasteiger partial charge in [-0.2, -0.15) is 0 Å². The van der Waals surface area contributed by atoms with Crippen molar-refractivity contribution >= 4 is 23.2 Å². The lowest BCUT2D eigenvalue weighted by molar-refractivity contribution is -0.384. The quantitative estimate of drug-likeness (QED) is 0.484. The second-order valence-electron chi connectivity index (χ2n) is 5.15. The van der Waals surface area contributed by atoms with E-state index in [9.17, 15) is 19.7 Å². The van der Waals surface area contributed by atoms with Gasteiger partial charge < -0.3 is 0 Å². The molecule has 6 nitrogen and oxygen atoms in total. The van der Waals surface area contributed by atoms with Gasteiger partial charge in [0.25, 0.3) is 17.5 Å². The Labute approximate surface area is 126 Å². The first-order valence-corrected chi connectivity index (χ1v) is 6.65. The van der Waals surface area contributed by atoms with Crippen LogP contribution in [0, 0.1) is 24.0 Å². The zero-order valence-corrected chi connectivity index (χ0v) is 12.0. The first kappa shape index (κ1) is 13.9. The minimum absolute atomic E-state index is 0.0695. The van der Waals surface area contributed by atoms with Crippen molar-refractivity contribution in [2.75, 3.05) is 4.90 Å². The van der Waals surface area contributed by atoms with E-state index < -0.39 is 16.7 Å². The van der Waals surface area contributed by atoms with Gasteiger partial charge in [0.05, 0.1) is 21.7 Å². The number of non-ortho nitro benzene ring substituents is 1. The van der Waals surface area contributed by atoms with E-state index in [-0.39, 0.29) is 16.8 Å². The van der Waals surface area contributed by atoms with Crippen molar-refractivity contribution in [1.82, 2.24) is 0 Å². The summed E-state index contributed by atoms with van der Waals surface area (Å²) in [4.78, 5) is 36.3. The number of rotatable bonds is 2. The lowest BCUT2D eigenvalue weighted by Crippen LogP contribution is -2.30. The van der Waals surface area contributed by atoms with Gasteiger partial charge in [-0.25, -0.2) is 4.90 Å². The van der Waals surface area contributed by atoms with Crippen molar-refractivity contribution in [3.8, 4) is 0 Å². The highest BCUT2D eigenvalue weighted by atomic mass is 16.6. The molecular formula is C16H12N2O4. The van der Waals surface area contributed by atoms with Crippen LogP contribution in [0.15, 0.2) is 36.4 Å². The Morgan fingerprint density at radius 2 is 1.68 bits per heavy atom. The number of fused-ring (bicyclic) bond motifs is 1. The number of nitro benzene ring substituents is 1. The van der Waals surface area contributed by atoms with Crippen LogP contribution in [0.2, 0.25) is 0 Å². The Morgan fingerprint density at radius 3 is 2.36 bits per heavy atom. The van der Waals surface area contributed by atoms with Crippen molar-refractivity contribution in [3.05, 3.63) is 68.8 Å². The van der Waals surface area contributed by atoms with Gasteiger partial charge in [0.1, 0.15) is 0 Å². The fourth-order valence-electron chi connectivity index (χ4n) is 2.54. The molecule has 1 aliphatic heterocycles. The number of carbonyl (C=O) groups is 2. The van der Waals surface area contributed by atoms with E-state index in [4.69, 9.17) is 0 Å². The fraction of sp³-hybridized carbons (Fsp3) is 0.125. The molecule has 0 aliphatic carbocycles. The van der Waals surface area contributed by atoms with Crippen molar-refractivity contribution in [3.63, 3.8) is 0 Å². The topological polar surface area (TPSA) is 80.5 Å². The molecule has 0 fully saturated rings. The second kappa shape index (κ2) is 4.77. The van der Waals surface area contributed by atoms with Crippen LogP contribution in [0.25, 0.3) is 0 Å². The number of imide groups is 1. The molecule has 0 aromatic heterocycles. The minimum atomic E-state index is -0.585. The summed E-state index contributed by atoms with van der Waals surface area (Å²) in [6.07, 6.45) is 0. The molecule has 22 heavy (non-hydrogen) atoms. The smallest absolute Gasteiger partial charge is 0.268 e. The lowest BCUT2D eigenvalue weighted by atomic mass is 10.1. The van der Waals surface area contributed by atoms with Gasteiger partial charge >= 0.3 is 0 Å². The van der Waals surface area contributed by atoms with Crippen molar-refractivity contribution in [1.29, 1.82) is 0 Å². The molecule has 0 N–H and O–H groups in total. The molecule has 3 rings (SSSR count). The highest BCUT2D eigenvalue weighted by molar-refractivity contribution is 6.34. The molecule has 1 aliphatic rings. The Morgan fingerprint density at radius 1 is 1.00 bits per heavy atom. The zero-order valence-electron chi connectivity index (χ0n) is 12.0. The zero-order chi connectivity index (χ0) is 16.0. The Bertz CT molecular complexity index is 842. The highest BCUT2D eigenvalue weighted by Gasteiger charge is 2.38. The standard InChI is InChI=1S/C16H12N2O4/c1-9-4-3-5-14(10(9)2)17-15(19)12-7-6-11(18(21)22)8-13(12)16(17)20/h3-8H,1-2H3. The van der Waals surface area contributed by atoms with E-state index in [1.54, 1.807) is 12.1 Å². The number of benzene rings is 2. The fourth-order valence-corrected chi connectivity index (χ4v) is 2.54. The number of nitrogens with zero attached hydrogens (tertiary/aromatic N) is 2. The van der Waals surface area contributed by atoms with E-state index in [0.29, 0.717) is 5.69 Å². The summed E-state index contributed by atoms with van der Waals surface area (Å²) in [5, 5.41) is 10.8. The van der Waals surface area contributed by atoms with Crippen molar-refractivity contribution in [2.24, 2.45) is 0 Å². The largest absolute Gasteiger partial charge is 0.270 e. The second-order valence-corrected chi connectivity index (χ2v) is 5.15. The Hall–Kier alpha value is -3.02. The third-order valence-corrected chi connectivity index (χ3v) is 3.90. The van der Waals surface area contributed by atoms with Crippen LogP contribution in [0.3, 0.4) is 0 Å². The van der Waals surface area contributed by atoms with Gasteiger partial charge in [0.2, 0.25) is 0 Å². The maximum atomic E-state index is 12.5. The molecule has 0 bridgehead atoms. The molecule has 0 spiro atoms. The number of amides is 2. The molecule has 2 aromatic carbocycles. The molecule has 0 unspecified atom stereocenters. The van der Waals surface area contributed by atoms with Crippen LogP contribution in [0.5, 0.6) is 0 Å². The first-order valence-electron chi connectivity index (χ1n) is 6.65. The predicted octanol–water partition coefficient (Wildman–Crippen LogP) is 3.01. The summed E-state index contributed by atoms with van der Waals surface area (Å²) in [6, 6.07) is 9.07. The Kier molecular flexibility index (Phi) is 3.02. The number of hydrogen-bond acceptors (Lipinski definition) is 4. The van der Waals surface area contributed by atoms with E-state index in [2.05, 4.69) is 0 Å². The molecule has 0 atom stereocenters. The van der Waals surface area contributed by atoms with Crippen LogP contribution in [0.4, 0.5) is 11.4 Å². The SMILES string of the molecule is Cc1cccc(N2C(=O)c3ccc([N+](=O)[O-])cc3C2=O)c1C. The van der Waals surface area contributed by atoms with Gasteiger partial charge in [-0.15, -0.1) is 0 Å². The van der Waals surface area contributed by atoms with Crippen LogP contribution in [-0.4, -0.2) is 16.7 Å². The summed E-state index contributed by atoms with van der Waals surface area (Å²) in [5.41, 5.74) is 2.35. The highest BCUT2D eigenvalue weighted by Crippen LogP contribution is 2.33. The van der Waals surface area contributed by atoms with Crippen LogP contribution >= 0.6 is 0 Å². The summed E-state index contributed by atoms with van der Waals surface area (Å²) in [6.45, 7) is 3.72. The van der Waals surface area contributed by atoms with Gasteiger partial charge in [-0.05, 0) is 37.1 Å². The van der Waals surface area contributed by atoms with E-state index in [1.165, 1.54) is 12.1 Å². The van der Waals surface area contributed by atoms with E-state index >= 15 is 0 Å². The third-order valence-electron chi connectivity index (χ3n) is 3.90. The number of hydrogen-bond donors (Lipinski definition) is 0. The maximum absolute atomic E-state index is 12.5. The summed E-state index contributed by atoms with van der Waals surface area (Å²) < 4.78 is 0. The normalized spacial score (nSPS) is 13.5. The summed E-state index contributed by atoms with van der Waals surface area (Å²) in [5.74, 6) is -0.985. The number of carbonyl (C=O) groups excluding carboxylic acids is 2. The van der Waals surface area contributed by atoms with Crippen molar-refractivity contribution in [2.45, 2.75) is 13.8 Å². The van der Waals surface area contributed by atoms with Gasteiger partial charge in [0, 0.05) is 12.1 Å². The number of nitro groups is 1. The third kappa shape index (κ3) is 1.88. The molecule has 1 heterocycles. The monoisotopic (exact) mass is 296 g/mol. The molecule has 2 aromatic rings. The number of anilines is 1. The van der Waals surface area contributed by atoms with Gasteiger partial charge in [0.15, 0.2) is 0 Å². The molecule has 0 radical (unpaired) electrons. The number of aryl methyl sites for hydroxylation is 1. The van der Waals surface area contributed by atoms with Crippen LogP contribution in [-0.2, 0) is 0 Å². The summed E-state index contributed by atoms with van der Waals surface area (Å²) in [7, 11) is 0. The molecule has 2 amide bonds.